The van der Waals surface area contributed by atoms with E-state index in [2.05, 4.69) is 5.32 Å². The molecule has 1 aromatic carbocycles. The molecule has 2 saturated heterocycles. The third kappa shape index (κ3) is 3.29. The van der Waals surface area contributed by atoms with Gasteiger partial charge < -0.3 is 19.7 Å². The molecule has 2 aliphatic rings. The molecule has 0 saturated carbocycles. The minimum absolute atomic E-state index is 0.0404. The van der Waals surface area contributed by atoms with E-state index in [1.165, 1.54) is 12.8 Å². The summed E-state index contributed by atoms with van der Waals surface area (Å²) < 4.78 is 10.7. The molecule has 5 nitrogen and oxygen atoms in total. The summed E-state index contributed by atoms with van der Waals surface area (Å²) in [6.07, 6.45) is 4.72. The Bertz CT molecular complexity index is 547. The van der Waals surface area contributed by atoms with E-state index in [-0.39, 0.29) is 5.91 Å². The summed E-state index contributed by atoms with van der Waals surface area (Å²) in [5.41, 5.74) is 0.587. The lowest BCUT2D eigenvalue weighted by molar-refractivity contribution is 0.0670. The Hall–Kier alpha value is -1.75. The van der Waals surface area contributed by atoms with Crippen LogP contribution in [0.4, 0.5) is 0 Å². The lowest BCUT2D eigenvalue weighted by atomic mass is 9.88. The second-order valence-electron chi connectivity index (χ2n) is 6.37. The number of hydrogen-bond donors (Lipinski definition) is 1. The number of methoxy groups -OCH3 is 2. The molecule has 5 heteroatoms. The molecule has 0 radical (unpaired) electrons. The first-order valence-corrected chi connectivity index (χ1v) is 8.48. The minimum atomic E-state index is 0.0404. The smallest absolute Gasteiger partial charge is 0.257 e. The topological polar surface area (TPSA) is 50.8 Å². The van der Waals surface area contributed by atoms with Crippen molar-refractivity contribution in [2.75, 3.05) is 33.9 Å². The third-order valence-electron chi connectivity index (χ3n) is 5.13. The van der Waals surface area contributed by atoms with Gasteiger partial charge in [-0.15, -0.1) is 0 Å². The van der Waals surface area contributed by atoms with E-state index in [9.17, 15) is 4.79 Å². The monoisotopic (exact) mass is 318 g/mol. The van der Waals surface area contributed by atoms with Gasteiger partial charge in [0.25, 0.3) is 5.91 Å². The van der Waals surface area contributed by atoms with Gasteiger partial charge in [-0.2, -0.15) is 0 Å². The van der Waals surface area contributed by atoms with E-state index in [4.69, 9.17) is 9.47 Å². The molecule has 2 heterocycles. The molecule has 2 aliphatic heterocycles. The number of rotatable bonds is 4. The van der Waals surface area contributed by atoms with Crippen LogP contribution < -0.4 is 14.8 Å². The highest BCUT2D eigenvalue weighted by Gasteiger charge is 2.31. The number of carbonyl (C=O) groups is 1. The summed E-state index contributed by atoms with van der Waals surface area (Å²) in [5, 5.41) is 3.60. The first-order valence-electron chi connectivity index (χ1n) is 8.48. The van der Waals surface area contributed by atoms with Crippen LogP contribution in [0.1, 0.15) is 36.0 Å². The summed E-state index contributed by atoms with van der Waals surface area (Å²) in [4.78, 5) is 14.8. The number of amides is 1. The molecule has 1 amide bonds. The van der Waals surface area contributed by atoms with E-state index < -0.39 is 0 Å². The summed E-state index contributed by atoms with van der Waals surface area (Å²) in [6.45, 7) is 2.79. The Morgan fingerprint density at radius 3 is 2.57 bits per heavy atom. The van der Waals surface area contributed by atoms with Gasteiger partial charge in [-0.3, -0.25) is 4.79 Å². The Kier molecular flexibility index (Phi) is 5.06. The average molecular weight is 318 g/mol. The van der Waals surface area contributed by atoms with Crippen LogP contribution in [0.15, 0.2) is 18.2 Å². The maximum Gasteiger partial charge on any atom is 0.257 e. The number of hydrogen-bond acceptors (Lipinski definition) is 4. The number of likely N-dealkylation sites (tertiary alicyclic amines) is 1. The van der Waals surface area contributed by atoms with Crippen LogP contribution in [-0.4, -0.2) is 50.7 Å². The van der Waals surface area contributed by atoms with Gasteiger partial charge in [0.1, 0.15) is 0 Å². The minimum Gasteiger partial charge on any atom is -0.493 e. The summed E-state index contributed by atoms with van der Waals surface area (Å²) in [6, 6.07) is 6.12. The zero-order valence-electron chi connectivity index (χ0n) is 14.0. The highest BCUT2D eigenvalue weighted by molar-refractivity contribution is 5.97. The summed E-state index contributed by atoms with van der Waals surface area (Å²) in [5.74, 6) is 1.87. The van der Waals surface area contributed by atoms with Crippen molar-refractivity contribution < 1.29 is 14.3 Å². The zero-order chi connectivity index (χ0) is 16.2. The van der Waals surface area contributed by atoms with Crippen molar-refractivity contribution >= 4 is 5.91 Å². The molecule has 1 N–H and O–H groups in total. The van der Waals surface area contributed by atoms with Crippen LogP contribution in [-0.2, 0) is 0 Å². The third-order valence-corrected chi connectivity index (χ3v) is 5.13. The van der Waals surface area contributed by atoms with Crippen LogP contribution in [0.2, 0.25) is 0 Å². The molecule has 3 rings (SSSR count). The number of carbonyl (C=O) groups excluding carboxylic acids is 1. The quantitative estimate of drug-likeness (QED) is 0.925. The SMILES string of the molecule is COc1cccc(C(=O)N2CCC(C3CCCN3)CC2)c1OC. The maximum absolute atomic E-state index is 12.9. The van der Waals surface area contributed by atoms with Crippen molar-refractivity contribution in [3.05, 3.63) is 23.8 Å². The molecule has 1 aromatic rings. The van der Waals surface area contributed by atoms with E-state index in [1.54, 1.807) is 14.2 Å². The largest absolute Gasteiger partial charge is 0.493 e. The second kappa shape index (κ2) is 7.21. The van der Waals surface area contributed by atoms with Gasteiger partial charge in [0, 0.05) is 19.1 Å². The van der Waals surface area contributed by atoms with Crippen LogP contribution in [0.5, 0.6) is 11.5 Å². The van der Waals surface area contributed by atoms with Crippen molar-refractivity contribution in [2.24, 2.45) is 5.92 Å². The molecule has 0 aromatic heterocycles. The van der Waals surface area contributed by atoms with Crippen molar-refractivity contribution in [2.45, 2.75) is 31.7 Å². The first kappa shape index (κ1) is 16.1. The van der Waals surface area contributed by atoms with Gasteiger partial charge in [0.05, 0.1) is 19.8 Å². The van der Waals surface area contributed by atoms with E-state index >= 15 is 0 Å². The number of para-hydroxylation sites is 1. The summed E-state index contributed by atoms with van der Waals surface area (Å²) >= 11 is 0. The maximum atomic E-state index is 12.9. The fourth-order valence-corrected chi connectivity index (χ4v) is 3.84. The Morgan fingerprint density at radius 1 is 1.17 bits per heavy atom. The van der Waals surface area contributed by atoms with Crippen molar-refractivity contribution in [1.29, 1.82) is 0 Å². The highest BCUT2D eigenvalue weighted by Crippen LogP contribution is 2.33. The van der Waals surface area contributed by atoms with Crippen molar-refractivity contribution in [3.8, 4) is 11.5 Å². The van der Waals surface area contributed by atoms with Gasteiger partial charge in [0.15, 0.2) is 11.5 Å². The van der Waals surface area contributed by atoms with E-state index in [1.807, 2.05) is 23.1 Å². The van der Waals surface area contributed by atoms with E-state index in [0.717, 1.165) is 32.5 Å². The van der Waals surface area contributed by atoms with Crippen LogP contribution in [0.25, 0.3) is 0 Å². The first-order chi connectivity index (χ1) is 11.2. The lowest BCUT2D eigenvalue weighted by Crippen LogP contribution is -2.43. The predicted molar refractivity (Wildman–Crippen MR) is 89.2 cm³/mol. The predicted octanol–water partition coefficient (Wildman–Crippen LogP) is 2.31. The number of nitrogens with zero attached hydrogens (tertiary/aromatic N) is 1. The molecule has 2 fully saturated rings. The number of ether oxygens (including phenoxy) is 2. The Morgan fingerprint density at radius 2 is 1.96 bits per heavy atom. The zero-order valence-corrected chi connectivity index (χ0v) is 14.0. The van der Waals surface area contributed by atoms with Gasteiger partial charge >= 0.3 is 0 Å². The van der Waals surface area contributed by atoms with Gasteiger partial charge in [-0.05, 0) is 50.3 Å². The number of nitrogens with one attached hydrogen (secondary N) is 1. The molecule has 0 aliphatic carbocycles. The molecular weight excluding hydrogens is 292 g/mol. The van der Waals surface area contributed by atoms with Gasteiger partial charge in [-0.25, -0.2) is 0 Å². The van der Waals surface area contributed by atoms with Crippen molar-refractivity contribution in [3.63, 3.8) is 0 Å². The van der Waals surface area contributed by atoms with Gasteiger partial charge in [-0.1, -0.05) is 6.07 Å². The lowest BCUT2D eigenvalue weighted by Gasteiger charge is -2.35. The molecule has 0 bridgehead atoms. The standard InChI is InChI=1S/C18H26N2O3/c1-22-16-7-3-5-14(17(16)23-2)18(21)20-11-8-13(9-12-20)15-6-4-10-19-15/h3,5,7,13,15,19H,4,6,8-12H2,1-2H3. The molecule has 0 spiro atoms. The average Bonchev–Trinajstić information content (AvgIpc) is 3.15. The molecular formula is C18H26N2O3. The van der Waals surface area contributed by atoms with Crippen LogP contribution >= 0.6 is 0 Å². The van der Waals surface area contributed by atoms with Crippen LogP contribution in [0.3, 0.4) is 0 Å². The van der Waals surface area contributed by atoms with Crippen molar-refractivity contribution in [1.82, 2.24) is 10.2 Å². The fourth-order valence-electron chi connectivity index (χ4n) is 3.84. The normalized spacial score (nSPS) is 22.2. The molecule has 23 heavy (non-hydrogen) atoms. The second-order valence-corrected chi connectivity index (χ2v) is 6.37. The van der Waals surface area contributed by atoms with Gasteiger partial charge in [0.2, 0.25) is 0 Å². The Labute approximate surface area is 137 Å². The highest BCUT2D eigenvalue weighted by atomic mass is 16.5. The Balaban J connectivity index is 1.67. The molecule has 126 valence electrons. The summed E-state index contributed by atoms with van der Waals surface area (Å²) in [7, 11) is 3.17. The number of benzene rings is 1. The van der Waals surface area contributed by atoms with Crippen LogP contribution in [0, 0.1) is 5.92 Å². The fraction of sp³-hybridized carbons (Fsp3) is 0.611. The number of piperidine rings is 1. The van der Waals surface area contributed by atoms with E-state index in [0.29, 0.717) is 29.0 Å². The molecule has 1 unspecified atom stereocenters. The molecule has 1 atom stereocenters.